The van der Waals surface area contributed by atoms with Gasteiger partial charge in [-0.15, -0.1) is 0 Å². The van der Waals surface area contributed by atoms with Crippen molar-refractivity contribution in [3.8, 4) is 0 Å². The number of ketones is 1. The van der Waals surface area contributed by atoms with Gasteiger partial charge in [-0.2, -0.15) is 0 Å². The van der Waals surface area contributed by atoms with Gasteiger partial charge in [0.2, 0.25) is 0 Å². The Labute approximate surface area is 145 Å². The molecule has 0 aromatic heterocycles. The molecule has 0 aliphatic heterocycles. The van der Waals surface area contributed by atoms with Crippen LogP contribution in [-0.4, -0.2) is 5.78 Å². The van der Waals surface area contributed by atoms with Crippen molar-refractivity contribution >= 4 is 5.78 Å². The van der Waals surface area contributed by atoms with Gasteiger partial charge < -0.3 is 0 Å². The van der Waals surface area contributed by atoms with Crippen LogP contribution < -0.4 is 0 Å². The molecule has 0 N–H and O–H groups in total. The van der Waals surface area contributed by atoms with Crippen LogP contribution in [0.4, 0.5) is 0 Å². The van der Waals surface area contributed by atoms with Crippen LogP contribution in [-0.2, 0) is 10.2 Å². The minimum atomic E-state index is -0.760. The molecule has 3 aromatic rings. The first-order chi connectivity index (χ1) is 11.8. The largest absolute Gasteiger partial charge is 0.298 e. The maximum absolute atomic E-state index is 12.9. The van der Waals surface area contributed by atoms with Crippen molar-refractivity contribution in [2.45, 2.75) is 26.2 Å². The molecule has 122 valence electrons. The van der Waals surface area contributed by atoms with Gasteiger partial charge in [0.1, 0.15) is 11.2 Å². The summed E-state index contributed by atoms with van der Waals surface area (Å²) < 4.78 is 0. The van der Waals surface area contributed by atoms with E-state index in [-0.39, 0.29) is 5.78 Å². The molecule has 1 heteroatoms. The Balaban J connectivity index is 0.00000100. The van der Waals surface area contributed by atoms with Crippen LogP contribution in [0.25, 0.3) is 0 Å². The van der Waals surface area contributed by atoms with Crippen LogP contribution in [0.3, 0.4) is 0 Å². The predicted molar refractivity (Wildman–Crippen MR) is 101 cm³/mol. The first kappa shape index (κ1) is 17.7. The third-order valence-corrected chi connectivity index (χ3v) is 4.15. The molecule has 0 radical (unpaired) electrons. The number of Topliss-reactive ketones (excluding diaryl/α,β-unsaturated/α-hetero) is 1. The third kappa shape index (κ3) is 3.16. The van der Waals surface area contributed by atoms with E-state index in [1.807, 2.05) is 105 Å². The molecule has 0 saturated carbocycles. The molecule has 3 aromatic carbocycles. The Hall–Kier alpha value is -2.67. The van der Waals surface area contributed by atoms with Crippen molar-refractivity contribution in [1.82, 2.24) is 0 Å². The third-order valence-electron chi connectivity index (χ3n) is 4.15. The second-order valence-corrected chi connectivity index (χ2v) is 5.40. The highest BCUT2D eigenvalue weighted by atomic mass is 16.1. The molecule has 1 nitrogen and oxygen atoms in total. The first-order valence-electron chi connectivity index (χ1n) is 8.44. The maximum atomic E-state index is 12.9. The highest BCUT2D eigenvalue weighted by Gasteiger charge is 2.40. The fourth-order valence-electron chi connectivity index (χ4n) is 3.17. The number of carbonyl (C=O) groups is 1. The van der Waals surface area contributed by atoms with Crippen LogP contribution in [0.2, 0.25) is 0 Å². The summed E-state index contributed by atoms with van der Waals surface area (Å²) in [6.45, 7) is 5.67. The summed E-state index contributed by atoms with van der Waals surface area (Å²) in [7, 11) is 0. The molecule has 24 heavy (non-hydrogen) atoms. The molecule has 0 bridgehead atoms. The van der Waals surface area contributed by atoms with Gasteiger partial charge in [0.15, 0.2) is 0 Å². The molecule has 0 unspecified atom stereocenters. The normalized spacial score (nSPS) is 10.5. The van der Waals surface area contributed by atoms with Gasteiger partial charge in [-0.25, -0.2) is 0 Å². The second-order valence-electron chi connectivity index (χ2n) is 5.40. The lowest BCUT2D eigenvalue weighted by atomic mass is 9.67. The van der Waals surface area contributed by atoms with Crippen LogP contribution in [0, 0.1) is 0 Å². The average Bonchev–Trinajstić information content (AvgIpc) is 2.66. The van der Waals surface area contributed by atoms with Gasteiger partial charge in [-0.05, 0) is 23.6 Å². The van der Waals surface area contributed by atoms with Crippen LogP contribution in [0.1, 0.15) is 37.5 Å². The van der Waals surface area contributed by atoms with Crippen LogP contribution >= 0.6 is 0 Å². The zero-order valence-corrected chi connectivity index (χ0v) is 14.6. The highest BCUT2D eigenvalue weighted by molar-refractivity contribution is 5.96. The summed E-state index contributed by atoms with van der Waals surface area (Å²) in [6.07, 6.45) is 0. The SMILES string of the molecule is CC.CC(=O)C(c1ccccc1)(c1ccccc1)c1ccccc1. The molecule has 0 spiro atoms. The Morgan fingerprint density at radius 1 is 0.583 bits per heavy atom. The lowest BCUT2D eigenvalue weighted by Gasteiger charge is -2.33. The Morgan fingerprint density at radius 2 is 0.833 bits per heavy atom. The minimum Gasteiger partial charge on any atom is -0.298 e. The van der Waals surface area contributed by atoms with Gasteiger partial charge >= 0.3 is 0 Å². The number of hydrogen-bond acceptors (Lipinski definition) is 1. The Morgan fingerprint density at radius 3 is 1.04 bits per heavy atom. The van der Waals surface area contributed by atoms with Crippen molar-refractivity contribution in [3.05, 3.63) is 108 Å². The molecule has 0 saturated heterocycles. The molecule has 0 aliphatic rings. The van der Waals surface area contributed by atoms with Gasteiger partial charge in [0.05, 0.1) is 0 Å². The summed E-state index contributed by atoms with van der Waals surface area (Å²) in [5.41, 5.74) is 2.24. The van der Waals surface area contributed by atoms with Crippen molar-refractivity contribution in [2.75, 3.05) is 0 Å². The zero-order valence-electron chi connectivity index (χ0n) is 14.6. The average molecular weight is 316 g/mol. The van der Waals surface area contributed by atoms with Gasteiger partial charge in [-0.1, -0.05) is 105 Å². The van der Waals surface area contributed by atoms with Gasteiger partial charge in [-0.3, -0.25) is 4.79 Å². The fraction of sp³-hybridized carbons (Fsp3) is 0.174. The topological polar surface area (TPSA) is 17.1 Å². The molecule has 0 fully saturated rings. The van der Waals surface area contributed by atoms with E-state index in [2.05, 4.69) is 0 Å². The molecule has 0 aliphatic carbocycles. The van der Waals surface area contributed by atoms with Crippen molar-refractivity contribution in [3.63, 3.8) is 0 Å². The monoisotopic (exact) mass is 316 g/mol. The zero-order chi connectivity index (χ0) is 17.4. The second kappa shape index (κ2) is 8.26. The predicted octanol–water partition coefficient (Wildman–Crippen LogP) is 5.64. The molecule has 0 amide bonds. The van der Waals surface area contributed by atoms with E-state index >= 15 is 0 Å². The molecular weight excluding hydrogens is 292 g/mol. The minimum absolute atomic E-state index is 0.121. The van der Waals surface area contributed by atoms with Crippen LogP contribution in [0.15, 0.2) is 91.0 Å². The van der Waals surface area contributed by atoms with E-state index in [1.54, 1.807) is 6.92 Å². The van der Waals surface area contributed by atoms with Crippen LogP contribution in [0.5, 0.6) is 0 Å². The number of benzene rings is 3. The smallest absolute Gasteiger partial charge is 0.149 e. The molecule has 0 atom stereocenters. The van der Waals surface area contributed by atoms with E-state index in [4.69, 9.17) is 0 Å². The maximum Gasteiger partial charge on any atom is 0.149 e. The standard InChI is InChI=1S/C21H18O.C2H6/c1-17(22)21(18-11-5-2-6-12-18,19-13-7-3-8-14-19)20-15-9-4-10-16-20;1-2/h2-16H,1H3;1-2H3. The van der Waals surface area contributed by atoms with E-state index in [9.17, 15) is 4.79 Å². The van der Waals surface area contributed by atoms with E-state index in [1.165, 1.54) is 0 Å². The Bertz CT molecular complexity index is 649. The van der Waals surface area contributed by atoms with E-state index in [0.717, 1.165) is 16.7 Å². The summed E-state index contributed by atoms with van der Waals surface area (Å²) in [6, 6.07) is 30.0. The van der Waals surface area contributed by atoms with Gasteiger partial charge in [0, 0.05) is 0 Å². The highest BCUT2D eigenvalue weighted by Crippen LogP contribution is 2.39. The lowest BCUT2D eigenvalue weighted by Crippen LogP contribution is -2.36. The number of hydrogen-bond donors (Lipinski definition) is 0. The van der Waals surface area contributed by atoms with Crippen molar-refractivity contribution in [1.29, 1.82) is 0 Å². The summed E-state index contributed by atoms with van der Waals surface area (Å²) in [5.74, 6) is 0.121. The summed E-state index contributed by atoms with van der Waals surface area (Å²) in [4.78, 5) is 12.9. The molecular formula is C23H24O. The number of carbonyl (C=O) groups excluding carboxylic acids is 1. The number of rotatable bonds is 4. The van der Waals surface area contributed by atoms with E-state index in [0.29, 0.717) is 0 Å². The van der Waals surface area contributed by atoms with Crippen molar-refractivity contribution in [2.24, 2.45) is 0 Å². The lowest BCUT2D eigenvalue weighted by molar-refractivity contribution is -0.119. The summed E-state index contributed by atoms with van der Waals surface area (Å²) >= 11 is 0. The molecule has 3 rings (SSSR count). The van der Waals surface area contributed by atoms with E-state index < -0.39 is 5.41 Å². The van der Waals surface area contributed by atoms with Crippen molar-refractivity contribution < 1.29 is 4.79 Å². The summed E-state index contributed by atoms with van der Waals surface area (Å²) in [5, 5.41) is 0. The quantitative estimate of drug-likeness (QED) is 0.570. The fourth-order valence-corrected chi connectivity index (χ4v) is 3.17. The van der Waals surface area contributed by atoms with Gasteiger partial charge in [0.25, 0.3) is 0 Å². The first-order valence-corrected chi connectivity index (χ1v) is 8.44. The Kier molecular flexibility index (Phi) is 6.08. The molecule has 0 heterocycles.